The summed E-state index contributed by atoms with van der Waals surface area (Å²) in [6.07, 6.45) is 3.19. The number of carbonyl (C=O) groups is 1. The van der Waals surface area contributed by atoms with Crippen molar-refractivity contribution in [3.8, 4) is 5.75 Å². The Labute approximate surface area is 157 Å². The van der Waals surface area contributed by atoms with Crippen molar-refractivity contribution in [2.24, 2.45) is 0 Å². The first kappa shape index (κ1) is 17.2. The molecule has 0 fully saturated rings. The molecule has 1 aliphatic heterocycles. The van der Waals surface area contributed by atoms with Gasteiger partial charge in [0, 0.05) is 11.6 Å². The summed E-state index contributed by atoms with van der Waals surface area (Å²) in [6.45, 7) is 0. The fourth-order valence-electron chi connectivity index (χ4n) is 2.43. The Bertz CT molecular complexity index is 919. The fourth-order valence-corrected chi connectivity index (χ4v) is 3.29. The summed E-state index contributed by atoms with van der Waals surface area (Å²) >= 11 is 1.96. The van der Waals surface area contributed by atoms with Crippen LogP contribution in [-0.4, -0.2) is 18.0 Å². The zero-order chi connectivity index (χ0) is 18.0. The highest BCUT2D eigenvalue weighted by Gasteiger charge is 2.23. The van der Waals surface area contributed by atoms with Crippen LogP contribution in [0, 0.1) is 13.7 Å². The third kappa shape index (κ3) is 3.55. The molecule has 1 heterocycles. The molecule has 0 unspecified atom stereocenters. The summed E-state index contributed by atoms with van der Waals surface area (Å²) in [4.78, 5) is 22.8. The lowest BCUT2D eigenvalue weighted by Crippen LogP contribution is -1.99. The van der Waals surface area contributed by atoms with Crippen LogP contribution < -0.4 is 4.74 Å². The number of halogens is 1. The molecular formula is C18H12INO5. The molecule has 0 bridgehead atoms. The number of hydrogen-bond donors (Lipinski definition) is 0. The highest BCUT2D eigenvalue weighted by molar-refractivity contribution is 14.1. The minimum absolute atomic E-state index is 0.153. The van der Waals surface area contributed by atoms with E-state index in [0.29, 0.717) is 20.5 Å². The average Bonchev–Trinajstić information content (AvgIpc) is 2.96. The number of nitro groups is 1. The molecule has 0 radical (unpaired) electrons. The van der Waals surface area contributed by atoms with Crippen LogP contribution in [0.4, 0.5) is 5.69 Å². The van der Waals surface area contributed by atoms with Gasteiger partial charge in [0.05, 0.1) is 21.2 Å². The molecule has 0 atom stereocenters. The fraction of sp³-hybridized carbons (Fsp3) is 0.0556. The van der Waals surface area contributed by atoms with Crippen molar-refractivity contribution in [3.05, 3.63) is 78.9 Å². The Hall–Kier alpha value is -2.68. The van der Waals surface area contributed by atoms with E-state index in [1.54, 1.807) is 18.2 Å². The zero-order valence-corrected chi connectivity index (χ0v) is 15.2. The van der Waals surface area contributed by atoms with E-state index in [-0.39, 0.29) is 11.4 Å². The molecule has 3 rings (SSSR count). The topological polar surface area (TPSA) is 78.7 Å². The Morgan fingerprint density at radius 1 is 1.24 bits per heavy atom. The molecule has 25 heavy (non-hydrogen) atoms. The van der Waals surface area contributed by atoms with Gasteiger partial charge in [0.2, 0.25) is 5.75 Å². The first-order valence-electron chi connectivity index (χ1n) is 7.22. The molecule has 0 amide bonds. The van der Waals surface area contributed by atoms with Crippen LogP contribution in [0.5, 0.6) is 5.75 Å². The summed E-state index contributed by atoms with van der Waals surface area (Å²) in [5.41, 5.74) is 1.48. The third-order valence-electron chi connectivity index (χ3n) is 3.55. The van der Waals surface area contributed by atoms with Gasteiger partial charge in [-0.15, -0.1) is 0 Å². The van der Waals surface area contributed by atoms with E-state index in [9.17, 15) is 14.9 Å². The standard InChI is InChI=1S/C18H12INO5/c1-24-17-14(19)8-11(9-15(17)20(22)23)7-13-10-16(25-18(13)21)12-5-3-2-4-6-12/h2-10H,1H3/b13-7+. The predicted molar refractivity (Wildman–Crippen MR) is 101 cm³/mol. The van der Waals surface area contributed by atoms with Crippen molar-refractivity contribution in [3.63, 3.8) is 0 Å². The first-order valence-corrected chi connectivity index (χ1v) is 8.30. The van der Waals surface area contributed by atoms with Gasteiger partial charge in [0.25, 0.3) is 0 Å². The maximum Gasteiger partial charge on any atom is 0.343 e. The monoisotopic (exact) mass is 449 g/mol. The molecule has 126 valence electrons. The van der Waals surface area contributed by atoms with Crippen molar-refractivity contribution < 1.29 is 19.2 Å². The lowest BCUT2D eigenvalue weighted by molar-refractivity contribution is -0.385. The quantitative estimate of drug-likeness (QED) is 0.230. The lowest BCUT2D eigenvalue weighted by atomic mass is 10.1. The molecule has 0 N–H and O–H groups in total. The highest BCUT2D eigenvalue weighted by atomic mass is 127. The van der Waals surface area contributed by atoms with E-state index in [4.69, 9.17) is 9.47 Å². The average molecular weight is 449 g/mol. The van der Waals surface area contributed by atoms with Crippen molar-refractivity contribution in [2.75, 3.05) is 7.11 Å². The number of cyclic esters (lactones) is 1. The summed E-state index contributed by atoms with van der Waals surface area (Å²) in [5.74, 6) is 0.157. The van der Waals surface area contributed by atoms with Crippen LogP contribution in [0.15, 0.2) is 54.1 Å². The van der Waals surface area contributed by atoms with E-state index in [1.807, 2.05) is 52.9 Å². The molecule has 0 saturated heterocycles. The first-order chi connectivity index (χ1) is 12.0. The Balaban J connectivity index is 2.02. The SMILES string of the molecule is COc1c(I)cc(/C=C2\C=C(c3ccccc3)OC2=O)cc1[N+](=O)[O-]. The summed E-state index contributed by atoms with van der Waals surface area (Å²) in [7, 11) is 1.38. The highest BCUT2D eigenvalue weighted by Crippen LogP contribution is 2.35. The number of ether oxygens (including phenoxy) is 2. The Kier molecular flexibility index (Phi) is 4.84. The van der Waals surface area contributed by atoms with Gasteiger partial charge in [-0.1, -0.05) is 30.3 Å². The van der Waals surface area contributed by atoms with Crippen LogP contribution in [-0.2, 0) is 9.53 Å². The smallest absolute Gasteiger partial charge is 0.343 e. The van der Waals surface area contributed by atoms with Gasteiger partial charge in [-0.2, -0.15) is 0 Å². The second-order valence-electron chi connectivity index (χ2n) is 5.18. The van der Waals surface area contributed by atoms with E-state index in [2.05, 4.69) is 0 Å². The number of nitrogens with zero attached hydrogens (tertiary/aromatic N) is 1. The van der Waals surface area contributed by atoms with Crippen molar-refractivity contribution in [1.82, 2.24) is 0 Å². The number of hydrogen-bond acceptors (Lipinski definition) is 5. The summed E-state index contributed by atoms with van der Waals surface area (Å²) in [5, 5.41) is 11.2. The molecule has 2 aromatic carbocycles. The number of esters is 1. The Morgan fingerprint density at radius 2 is 1.96 bits per heavy atom. The zero-order valence-electron chi connectivity index (χ0n) is 13.1. The lowest BCUT2D eigenvalue weighted by Gasteiger charge is -2.05. The van der Waals surface area contributed by atoms with E-state index >= 15 is 0 Å². The minimum atomic E-state index is -0.513. The maximum absolute atomic E-state index is 12.1. The van der Waals surface area contributed by atoms with Crippen LogP contribution in [0.25, 0.3) is 11.8 Å². The van der Waals surface area contributed by atoms with Crippen molar-refractivity contribution in [2.45, 2.75) is 0 Å². The number of methoxy groups -OCH3 is 1. The van der Waals surface area contributed by atoms with Crippen LogP contribution in [0.1, 0.15) is 11.1 Å². The van der Waals surface area contributed by atoms with Gasteiger partial charge in [0.15, 0.2) is 0 Å². The van der Waals surface area contributed by atoms with Crippen LogP contribution in [0.3, 0.4) is 0 Å². The van der Waals surface area contributed by atoms with Crippen molar-refractivity contribution >= 4 is 46.1 Å². The minimum Gasteiger partial charge on any atom is -0.489 e. The maximum atomic E-state index is 12.1. The third-order valence-corrected chi connectivity index (χ3v) is 4.35. The van der Waals surface area contributed by atoms with Crippen LogP contribution in [0.2, 0.25) is 0 Å². The Morgan fingerprint density at radius 3 is 2.60 bits per heavy atom. The molecular weight excluding hydrogens is 437 g/mol. The second kappa shape index (κ2) is 7.06. The number of nitro benzene ring substituents is 1. The molecule has 0 aliphatic carbocycles. The molecule has 0 spiro atoms. The van der Waals surface area contributed by atoms with E-state index < -0.39 is 10.9 Å². The molecule has 7 heteroatoms. The molecule has 0 aromatic heterocycles. The van der Waals surface area contributed by atoms with E-state index in [0.717, 1.165) is 5.56 Å². The van der Waals surface area contributed by atoms with Gasteiger partial charge < -0.3 is 9.47 Å². The van der Waals surface area contributed by atoms with Gasteiger partial charge in [-0.3, -0.25) is 10.1 Å². The van der Waals surface area contributed by atoms with Gasteiger partial charge in [-0.25, -0.2) is 4.79 Å². The van der Waals surface area contributed by atoms with Gasteiger partial charge in [-0.05, 0) is 46.4 Å². The van der Waals surface area contributed by atoms with Crippen molar-refractivity contribution in [1.29, 1.82) is 0 Å². The molecule has 2 aromatic rings. The summed E-state index contributed by atoms with van der Waals surface area (Å²) < 4.78 is 10.9. The van der Waals surface area contributed by atoms with Gasteiger partial charge >= 0.3 is 11.7 Å². The van der Waals surface area contributed by atoms with E-state index in [1.165, 1.54) is 13.2 Å². The number of benzene rings is 2. The van der Waals surface area contributed by atoms with Crippen LogP contribution >= 0.6 is 22.6 Å². The normalized spacial score (nSPS) is 15.0. The second-order valence-corrected chi connectivity index (χ2v) is 6.34. The summed E-state index contributed by atoms with van der Waals surface area (Å²) in [6, 6.07) is 12.3. The predicted octanol–water partition coefficient (Wildman–Crippen LogP) is 4.19. The number of rotatable bonds is 4. The number of carbonyl (C=O) groups excluding carboxylic acids is 1. The van der Waals surface area contributed by atoms with Gasteiger partial charge in [0.1, 0.15) is 5.76 Å². The molecule has 1 aliphatic rings. The molecule has 0 saturated carbocycles. The molecule has 6 nitrogen and oxygen atoms in total. The largest absolute Gasteiger partial charge is 0.489 e.